The summed E-state index contributed by atoms with van der Waals surface area (Å²) in [5.41, 5.74) is -1.07. The Morgan fingerprint density at radius 3 is 2.20 bits per heavy atom. The zero-order chi connectivity index (χ0) is 30.0. The first-order chi connectivity index (χ1) is 19.0. The van der Waals surface area contributed by atoms with Crippen LogP contribution < -0.4 is 0 Å². The van der Waals surface area contributed by atoms with Gasteiger partial charge in [0.25, 0.3) is 0 Å². The summed E-state index contributed by atoms with van der Waals surface area (Å²) >= 11 is 0. The summed E-state index contributed by atoms with van der Waals surface area (Å²) in [6.07, 6.45) is 1.85. The molecule has 1 aromatic rings. The lowest BCUT2D eigenvalue weighted by Gasteiger charge is -2.63. The lowest BCUT2D eigenvalue weighted by atomic mass is 9.43. The number of alkyl halides is 3. The van der Waals surface area contributed by atoms with E-state index < -0.39 is 32.3 Å². The molecule has 4 aliphatic rings. The van der Waals surface area contributed by atoms with Crippen LogP contribution in [0.5, 0.6) is 0 Å². The average Bonchev–Trinajstić information content (AvgIpc) is 3.24. The van der Waals surface area contributed by atoms with E-state index in [1.54, 1.807) is 0 Å². The molecule has 11 atom stereocenters. The summed E-state index contributed by atoms with van der Waals surface area (Å²) in [4.78, 5) is 0. The molecule has 0 aromatic heterocycles. The van der Waals surface area contributed by atoms with Crippen LogP contribution in [-0.4, -0.2) is 36.4 Å². The summed E-state index contributed by atoms with van der Waals surface area (Å²) in [7, 11) is -2.38. The van der Waals surface area contributed by atoms with Crippen molar-refractivity contribution in [1.29, 1.82) is 0 Å². The van der Waals surface area contributed by atoms with Gasteiger partial charge in [0, 0.05) is 6.42 Å². The van der Waals surface area contributed by atoms with E-state index in [1.807, 2.05) is 50.0 Å². The summed E-state index contributed by atoms with van der Waals surface area (Å²) in [5, 5.41) is 22.1. The van der Waals surface area contributed by atoms with Gasteiger partial charge in [0.1, 0.15) is 0 Å². The fourth-order valence-electron chi connectivity index (χ4n) is 10.7. The van der Waals surface area contributed by atoms with Crippen molar-refractivity contribution < 1.29 is 27.8 Å². The molecule has 0 saturated heterocycles. The van der Waals surface area contributed by atoms with Gasteiger partial charge in [-0.25, -0.2) is 0 Å². The molecule has 1 aromatic carbocycles. The van der Waals surface area contributed by atoms with Gasteiger partial charge in [-0.15, -0.1) is 0 Å². The predicted octanol–water partition coefficient (Wildman–Crippen LogP) is 8.92. The Bertz CT molecular complexity index is 1060. The lowest BCUT2D eigenvalue weighted by Crippen LogP contribution is -2.62. The Kier molecular flexibility index (Phi) is 8.40. The number of rotatable bonds is 7. The Balaban J connectivity index is 1.30. The molecule has 4 aliphatic carbocycles. The number of hydrogen-bond donors (Lipinski definition) is 2. The molecule has 0 radical (unpaired) electrons. The maximum absolute atomic E-state index is 14.6. The van der Waals surface area contributed by atoms with Crippen molar-refractivity contribution in [1.82, 2.24) is 0 Å². The first-order valence-corrected chi connectivity index (χ1v) is 19.6. The van der Waals surface area contributed by atoms with E-state index in [1.165, 1.54) is 0 Å². The van der Waals surface area contributed by atoms with E-state index in [0.717, 1.165) is 44.1 Å². The molecule has 41 heavy (non-hydrogen) atoms. The lowest BCUT2D eigenvalue weighted by molar-refractivity contribution is -0.282. The van der Waals surface area contributed by atoms with Crippen LogP contribution in [0.3, 0.4) is 0 Å². The summed E-state index contributed by atoms with van der Waals surface area (Å²) in [6.45, 7) is 12.6. The number of benzene rings is 1. The molecule has 7 heteroatoms. The van der Waals surface area contributed by atoms with Gasteiger partial charge in [-0.3, -0.25) is 0 Å². The minimum Gasteiger partial charge on any atom is -0.404 e. The minimum absolute atomic E-state index is 0.0530. The monoisotopic (exact) mass is 594 g/mol. The third kappa shape index (κ3) is 5.59. The van der Waals surface area contributed by atoms with E-state index in [4.69, 9.17) is 4.43 Å². The van der Waals surface area contributed by atoms with Gasteiger partial charge in [-0.1, -0.05) is 51.1 Å². The number of halogens is 3. The van der Waals surface area contributed by atoms with Crippen LogP contribution in [0.4, 0.5) is 13.2 Å². The zero-order valence-corrected chi connectivity index (χ0v) is 27.0. The van der Waals surface area contributed by atoms with Crippen LogP contribution in [0.25, 0.3) is 0 Å². The van der Waals surface area contributed by atoms with E-state index in [2.05, 4.69) is 20.8 Å². The van der Waals surface area contributed by atoms with Crippen molar-refractivity contribution in [2.45, 2.75) is 129 Å². The molecule has 0 spiro atoms. The van der Waals surface area contributed by atoms with Gasteiger partial charge in [0.05, 0.1) is 12.2 Å². The number of aliphatic hydroxyl groups is 2. The first kappa shape index (κ1) is 31.5. The maximum atomic E-state index is 14.6. The number of fused-ring (bicyclic) bond motifs is 5. The highest BCUT2D eigenvalue weighted by atomic mass is 28.4. The Morgan fingerprint density at radius 2 is 1.56 bits per heavy atom. The second-order valence-corrected chi connectivity index (χ2v) is 20.3. The quantitative estimate of drug-likeness (QED) is 0.310. The largest absolute Gasteiger partial charge is 0.416 e. The second-order valence-electron chi connectivity index (χ2n) is 15.9. The molecular formula is C34H53F3O3Si. The molecule has 5 rings (SSSR count). The number of hydrogen-bond acceptors (Lipinski definition) is 3. The Labute approximate surface area is 246 Å². The fourth-order valence-corrected chi connectivity index (χ4v) is 12.1. The van der Waals surface area contributed by atoms with Gasteiger partial charge in [-0.05, 0) is 129 Å². The number of aliphatic hydroxyl groups excluding tert-OH is 2. The van der Waals surface area contributed by atoms with Crippen molar-refractivity contribution in [2.75, 3.05) is 0 Å². The molecule has 3 nitrogen and oxygen atoms in total. The highest BCUT2D eigenvalue weighted by Gasteiger charge is 2.66. The maximum Gasteiger partial charge on any atom is 0.416 e. The van der Waals surface area contributed by atoms with E-state index in [9.17, 15) is 23.4 Å². The third-order valence-electron chi connectivity index (χ3n) is 12.7. The topological polar surface area (TPSA) is 49.7 Å². The van der Waals surface area contributed by atoms with E-state index >= 15 is 0 Å². The molecule has 4 fully saturated rings. The van der Waals surface area contributed by atoms with Gasteiger partial charge >= 0.3 is 6.18 Å². The highest BCUT2D eigenvalue weighted by Crippen LogP contribution is 2.70. The van der Waals surface area contributed by atoms with Gasteiger partial charge in [0.15, 0.2) is 13.9 Å². The van der Waals surface area contributed by atoms with E-state index in [0.29, 0.717) is 36.5 Å². The molecule has 0 bridgehead atoms. The molecule has 2 N–H and O–H groups in total. The van der Waals surface area contributed by atoms with Gasteiger partial charge < -0.3 is 14.6 Å². The van der Waals surface area contributed by atoms with Crippen molar-refractivity contribution in [3.63, 3.8) is 0 Å². The summed E-state index contributed by atoms with van der Waals surface area (Å²) in [6, 6.07) is 9.59. The zero-order valence-electron chi connectivity index (χ0n) is 26.0. The SMILES string of the molecule is C[C@H](C(O)CC(O)c1ccccc1)[C@H]1CC[C@H]2[C@@H]3CC[C@H]4CC(O[Si](C)(C)C)(C(F)(F)F)CC[C@]4(C)[C@H]3CC[C@]12C. The van der Waals surface area contributed by atoms with Crippen molar-refractivity contribution in [3.05, 3.63) is 35.9 Å². The second kappa shape index (κ2) is 10.9. The minimum atomic E-state index is -4.33. The smallest absolute Gasteiger partial charge is 0.404 e. The van der Waals surface area contributed by atoms with Gasteiger partial charge in [0.2, 0.25) is 0 Å². The van der Waals surface area contributed by atoms with Crippen molar-refractivity contribution in [2.24, 2.45) is 46.3 Å². The molecule has 4 saturated carbocycles. The Hall–Kier alpha value is -0.893. The molecular weight excluding hydrogens is 541 g/mol. The summed E-state index contributed by atoms with van der Waals surface area (Å²) in [5.74, 6) is 2.12. The van der Waals surface area contributed by atoms with Crippen LogP contribution >= 0.6 is 0 Å². The molecule has 232 valence electrons. The molecule has 0 heterocycles. The summed E-state index contributed by atoms with van der Waals surface area (Å²) < 4.78 is 49.8. The molecule has 3 unspecified atom stereocenters. The van der Waals surface area contributed by atoms with Crippen LogP contribution in [0.15, 0.2) is 30.3 Å². The van der Waals surface area contributed by atoms with Crippen molar-refractivity contribution in [3.8, 4) is 0 Å². The predicted molar refractivity (Wildman–Crippen MR) is 160 cm³/mol. The normalized spacial score (nSPS) is 41.6. The fraction of sp³-hybridized carbons (Fsp3) is 0.824. The first-order valence-electron chi connectivity index (χ1n) is 16.2. The Morgan fingerprint density at radius 1 is 0.902 bits per heavy atom. The van der Waals surface area contributed by atoms with Crippen LogP contribution in [0.1, 0.15) is 96.6 Å². The standard InChI is InChI=1S/C34H53F3O3Si/c1-22(29(38)20-30(39)23-10-8-7-9-11-23)26-14-15-27-25-13-12-24-21-33(34(35,36)37,40-41(4,5)6)19-18-31(24,2)28(25)16-17-32(26,27)3/h7-11,22,24-30,38-39H,12-21H2,1-6H3/t22-,24-,25-,26+,27-,28-,29?,30?,31-,32+,33?/m0/s1. The van der Waals surface area contributed by atoms with Crippen molar-refractivity contribution >= 4 is 8.32 Å². The van der Waals surface area contributed by atoms with Gasteiger partial charge in [-0.2, -0.15) is 13.2 Å². The van der Waals surface area contributed by atoms with Crippen LogP contribution in [0, 0.1) is 46.3 Å². The molecule has 0 aliphatic heterocycles. The highest BCUT2D eigenvalue weighted by molar-refractivity contribution is 6.69. The average molecular weight is 595 g/mol. The van der Waals surface area contributed by atoms with Crippen LogP contribution in [-0.2, 0) is 4.43 Å². The molecule has 0 amide bonds. The van der Waals surface area contributed by atoms with Crippen LogP contribution in [0.2, 0.25) is 19.6 Å². The van der Waals surface area contributed by atoms with E-state index in [-0.39, 0.29) is 35.5 Å². The third-order valence-corrected chi connectivity index (χ3v) is 13.7.